The predicted octanol–water partition coefficient (Wildman–Crippen LogP) is 3.13. The van der Waals surface area contributed by atoms with E-state index in [1.54, 1.807) is 18.4 Å². The van der Waals surface area contributed by atoms with E-state index in [9.17, 15) is 4.79 Å². The smallest absolute Gasteiger partial charge is 0.226 e. The Hall–Kier alpha value is -0.940. The lowest BCUT2D eigenvalue weighted by Gasteiger charge is -2.41. The molecule has 0 spiro atoms. The van der Waals surface area contributed by atoms with Gasteiger partial charge in [-0.1, -0.05) is 33.6 Å². The fourth-order valence-electron chi connectivity index (χ4n) is 3.38. The number of nitrogens with one attached hydrogen (secondary N) is 2. The summed E-state index contributed by atoms with van der Waals surface area (Å²) in [5.74, 6) is 0.749. The molecule has 2 rings (SSSR count). The minimum Gasteiger partial charge on any atom is -0.359 e. The molecule has 1 aliphatic rings. The predicted molar refractivity (Wildman–Crippen MR) is 91.9 cm³/mol. The van der Waals surface area contributed by atoms with Crippen LogP contribution in [0.15, 0.2) is 5.38 Å². The first-order valence-electron chi connectivity index (χ1n) is 8.27. The molecule has 2 atom stereocenters. The first kappa shape index (κ1) is 17.4. The molecule has 0 bridgehead atoms. The van der Waals surface area contributed by atoms with Gasteiger partial charge in [-0.25, -0.2) is 4.98 Å². The van der Waals surface area contributed by atoms with E-state index in [1.165, 1.54) is 25.7 Å². The maximum absolute atomic E-state index is 11.4. The second-order valence-corrected chi connectivity index (χ2v) is 8.27. The van der Waals surface area contributed by atoms with Crippen molar-refractivity contribution >= 4 is 17.2 Å². The number of likely N-dealkylation sites (N-methyl/N-ethyl adjacent to an activating group) is 1. The summed E-state index contributed by atoms with van der Waals surface area (Å²) in [6.45, 7) is 7.85. The van der Waals surface area contributed by atoms with Crippen LogP contribution in [0.2, 0.25) is 0 Å². The molecule has 2 N–H and O–H groups in total. The van der Waals surface area contributed by atoms with E-state index in [2.05, 4.69) is 41.8 Å². The van der Waals surface area contributed by atoms with Crippen molar-refractivity contribution in [1.82, 2.24) is 15.6 Å². The fourth-order valence-corrected chi connectivity index (χ4v) is 4.18. The maximum Gasteiger partial charge on any atom is 0.226 e. The van der Waals surface area contributed by atoms with Gasteiger partial charge in [0.25, 0.3) is 0 Å². The zero-order valence-corrected chi connectivity index (χ0v) is 15.1. The highest BCUT2D eigenvalue weighted by molar-refractivity contribution is 7.09. The summed E-state index contributed by atoms with van der Waals surface area (Å²) >= 11 is 1.57. The van der Waals surface area contributed by atoms with Gasteiger partial charge in [-0.2, -0.15) is 0 Å². The molecule has 0 saturated heterocycles. The van der Waals surface area contributed by atoms with Crippen molar-refractivity contribution < 1.29 is 4.79 Å². The molecular weight excluding hydrogens is 294 g/mol. The standard InChI is InChI=1S/C17H29N3OS/c1-17(2,3)13-7-5-6-8-14(13)19-10-12-11-22-16(20-12)9-15(21)18-4/h11,13-14,19H,5-10H2,1-4H3,(H,18,21)/t13-,14-/m1/s1. The van der Waals surface area contributed by atoms with Gasteiger partial charge in [-0.3, -0.25) is 4.79 Å². The number of thiazole rings is 1. The molecule has 5 heteroatoms. The fraction of sp³-hybridized carbons (Fsp3) is 0.765. The summed E-state index contributed by atoms with van der Waals surface area (Å²) in [6, 6.07) is 0.581. The summed E-state index contributed by atoms with van der Waals surface area (Å²) in [7, 11) is 1.66. The molecule has 1 heterocycles. The topological polar surface area (TPSA) is 54.0 Å². The summed E-state index contributed by atoms with van der Waals surface area (Å²) in [5.41, 5.74) is 1.41. The van der Waals surface area contributed by atoms with Crippen molar-refractivity contribution in [2.45, 2.75) is 65.5 Å². The quantitative estimate of drug-likeness (QED) is 0.875. The Morgan fingerprint density at radius 2 is 2.09 bits per heavy atom. The lowest BCUT2D eigenvalue weighted by molar-refractivity contribution is -0.119. The molecule has 1 aliphatic carbocycles. The van der Waals surface area contributed by atoms with Gasteiger partial charge in [-0.15, -0.1) is 11.3 Å². The molecule has 22 heavy (non-hydrogen) atoms. The van der Waals surface area contributed by atoms with Gasteiger partial charge in [0.2, 0.25) is 5.91 Å². The molecule has 0 radical (unpaired) electrons. The van der Waals surface area contributed by atoms with Crippen LogP contribution in [0.4, 0.5) is 0 Å². The third-order valence-corrected chi connectivity index (χ3v) is 5.51. The van der Waals surface area contributed by atoms with Crippen LogP contribution in [0.3, 0.4) is 0 Å². The van der Waals surface area contributed by atoms with Gasteiger partial charge < -0.3 is 10.6 Å². The largest absolute Gasteiger partial charge is 0.359 e. The first-order valence-corrected chi connectivity index (χ1v) is 9.15. The van der Waals surface area contributed by atoms with Crippen molar-refractivity contribution in [3.05, 3.63) is 16.1 Å². The minimum absolute atomic E-state index is 0.0222. The summed E-state index contributed by atoms with van der Waals surface area (Å²) in [4.78, 5) is 16.0. The Bertz CT molecular complexity index is 492. The average Bonchev–Trinajstić information content (AvgIpc) is 2.92. The van der Waals surface area contributed by atoms with E-state index >= 15 is 0 Å². The van der Waals surface area contributed by atoms with Gasteiger partial charge in [0, 0.05) is 25.0 Å². The minimum atomic E-state index is 0.0222. The molecule has 1 amide bonds. The van der Waals surface area contributed by atoms with Crippen LogP contribution in [0.5, 0.6) is 0 Å². The van der Waals surface area contributed by atoms with Gasteiger partial charge in [0.05, 0.1) is 12.1 Å². The highest BCUT2D eigenvalue weighted by Crippen LogP contribution is 2.38. The molecule has 124 valence electrons. The highest BCUT2D eigenvalue weighted by Gasteiger charge is 2.33. The van der Waals surface area contributed by atoms with Gasteiger partial charge in [0.15, 0.2) is 0 Å². The van der Waals surface area contributed by atoms with Crippen molar-refractivity contribution in [2.75, 3.05) is 7.05 Å². The number of hydrogen-bond donors (Lipinski definition) is 2. The van der Waals surface area contributed by atoms with Crippen LogP contribution in [0, 0.1) is 11.3 Å². The highest BCUT2D eigenvalue weighted by atomic mass is 32.1. The monoisotopic (exact) mass is 323 g/mol. The third-order valence-electron chi connectivity index (χ3n) is 4.61. The van der Waals surface area contributed by atoms with E-state index in [-0.39, 0.29) is 5.91 Å². The van der Waals surface area contributed by atoms with E-state index in [1.807, 2.05) is 0 Å². The zero-order valence-electron chi connectivity index (χ0n) is 14.2. The van der Waals surface area contributed by atoms with E-state index in [0.29, 0.717) is 17.9 Å². The lowest BCUT2D eigenvalue weighted by atomic mass is 9.69. The summed E-state index contributed by atoms with van der Waals surface area (Å²) < 4.78 is 0. The van der Waals surface area contributed by atoms with E-state index < -0.39 is 0 Å². The lowest BCUT2D eigenvalue weighted by Crippen LogP contribution is -2.43. The van der Waals surface area contributed by atoms with Crippen LogP contribution in [-0.2, 0) is 17.8 Å². The van der Waals surface area contributed by atoms with Gasteiger partial charge >= 0.3 is 0 Å². The number of hydrogen-bond acceptors (Lipinski definition) is 4. The molecular formula is C17H29N3OS. The molecule has 1 aromatic rings. The number of aromatic nitrogens is 1. The number of amides is 1. The van der Waals surface area contributed by atoms with Gasteiger partial charge in [-0.05, 0) is 24.2 Å². The second kappa shape index (κ2) is 7.55. The van der Waals surface area contributed by atoms with Crippen LogP contribution in [0.1, 0.15) is 57.2 Å². The van der Waals surface area contributed by atoms with Crippen molar-refractivity contribution in [3.63, 3.8) is 0 Å². The Morgan fingerprint density at radius 1 is 1.36 bits per heavy atom. The summed E-state index contributed by atoms with van der Waals surface area (Å²) in [6.07, 6.45) is 5.64. The Morgan fingerprint density at radius 3 is 2.77 bits per heavy atom. The molecule has 0 aromatic carbocycles. The molecule has 1 fully saturated rings. The Balaban J connectivity index is 1.90. The number of rotatable bonds is 5. The molecule has 0 aliphatic heterocycles. The van der Waals surface area contributed by atoms with E-state index in [0.717, 1.165) is 23.2 Å². The summed E-state index contributed by atoms with van der Waals surface area (Å²) in [5, 5.41) is 9.32. The third kappa shape index (κ3) is 4.78. The number of nitrogens with zero attached hydrogens (tertiary/aromatic N) is 1. The SMILES string of the molecule is CNC(=O)Cc1nc(CN[C@@H]2CCCC[C@H]2C(C)(C)C)cs1. The molecule has 1 aromatic heterocycles. The van der Waals surface area contributed by atoms with Crippen LogP contribution < -0.4 is 10.6 Å². The second-order valence-electron chi connectivity index (χ2n) is 7.33. The maximum atomic E-state index is 11.4. The number of carbonyl (C=O) groups excluding carboxylic acids is 1. The van der Waals surface area contributed by atoms with Crippen molar-refractivity contribution in [3.8, 4) is 0 Å². The Kier molecular flexibility index (Phi) is 5.98. The van der Waals surface area contributed by atoms with Crippen LogP contribution in [0.25, 0.3) is 0 Å². The molecule has 1 saturated carbocycles. The molecule has 0 unspecified atom stereocenters. The Labute approximate surface area is 138 Å². The normalized spacial score (nSPS) is 22.5. The van der Waals surface area contributed by atoms with Crippen molar-refractivity contribution in [2.24, 2.45) is 11.3 Å². The first-order chi connectivity index (χ1) is 10.4. The van der Waals surface area contributed by atoms with Crippen LogP contribution in [-0.4, -0.2) is 24.0 Å². The molecule has 4 nitrogen and oxygen atoms in total. The van der Waals surface area contributed by atoms with Crippen LogP contribution >= 0.6 is 11.3 Å². The zero-order chi connectivity index (χ0) is 16.2. The van der Waals surface area contributed by atoms with E-state index in [4.69, 9.17) is 0 Å². The number of carbonyl (C=O) groups is 1. The average molecular weight is 324 g/mol. The van der Waals surface area contributed by atoms with Crippen molar-refractivity contribution in [1.29, 1.82) is 0 Å². The van der Waals surface area contributed by atoms with Gasteiger partial charge in [0.1, 0.15) is 5.01 Å².